The van der Waals surface area contributed by atoms with Crippen molar-refractivity contribution in [2.75, 3.05) is 0 Å². The average molecular weight is 190 g/mol. The van der Waals surface area contributed by atoms with Crippen molar-refractivity contribution < 1.29 is 9.90 Å². The minimum Gasteiger partial charge on any atom is -0.480 e. The first-order valence-electron chi connectivity index (χ1n) is 3.25. The van der Waals surface area contributed by atoms with Crippen LogP contribution in [0.25, 0.3) is 0 Å². The topological polar surface area (TPSA) is 63.3 Å². The Balaban J connectivity index is 0.00000121. The Kier molecular flexibility index (Phi) is 5.99. The standard InChI is InChI=1S/C8H9NO2.K/c9-7(8(10)11)6-4-2-1-3-5-6;/h1-5,7H,9H2,(H,10,11);/t7-;/m0./s1. The number of hydrogen-bond donors (Lipinski definition) is 2. The summed E-state index contributed by atoms with van der Waals surface area (Å²) in [7, 11) is 0. The fraction of sp³-hybridized carbons (Fsp3) is 0.125. The number of benzene rings is 1. The van der Waals surface area contributed by atoms with E-state index in [0.29, 0.717) is 5.56 Å². The molecule has 0 saturated heterocycles. The van der Waals surface area contributed by atoms with Crippen molar-refractivity contribution in [2.45, 2.75) is 6.04 Å². The van der Waals surface area contributed by atoms with Crippen LogP contribution in [0.15, 0.2) is 30.3 Å². The van der Waals surface area contributed by atoms with Crippen molar-refractivity contribution in [1.82, 2.24) is 0 Å². The number of nitrogens with two attached hydrogens (primary N) is 1. The molecule has 1 radical (unpaired) electrons. The smallest absolute Gasteiger partial charge is 0.325 e. The van der Waals surface area contributed by atoms with Crippen molar-refractivity contribution in [2.24, 2.45) is 5.73 Å². The molecule has 1 aromatic rings. The van der Waals surface area contributed by atoms with E-state index < -0.39 is 12.0 Å². The summed E-state index contributed by atoms with van der Waals surface area (Å²) in [5.41, 5.74) is 5.96. The zero-order chi connectivity index (χ0) is 8.27. The van der Waals surface area contributed by atoms with E-state index in [1.54, 1.807) is 24.3 Å². The largest absolute Gasteiger partial charge is 0.480 e. The van der Waals surface area contributed by atoms with Gasteiger partial charge in [0.05, 0.1) is 0 Å². The molecule has 3 N–H and O–H groups in total. The van der Waals surface area contributed by atoms with Crippen molar-refractivity contribution in [1.29, 1.82) is 0 Å². The molecule has 0 spiro atoms. The maximum atomic E-state index is 10.4. The molecular weight excluding hydrogens is 181 g/mol. The van der Waals surface area contributed by atoms with Gasteiger partial charge in [-0.15, -0.1) is 0 Å². The predicted octanol–water partition coefficient (Wildman–Crippen LogP) is 0.390. The van der Waals surface area contributed by atoms with Crippen LogP contribution in [0.5, 0.6) is 0 Å². The minimum absolute atomic E-state index is 0. The molecule has 1 rings (SSSR count). The zero-order valence-corrected chi connectivity index (χ0v) is 10.0. The number of aliphatic carboxylic acids is 1. The van der Waals surface area contributed by atoms with Crippen molar-refractivity contribution >= 4 is 57.4 Å². The summed E-state index contributed by atoms with van der Waals surface area (Å²) >= 11 is 0. The molecule has 12 heavy (non-hydrogen) atoms. The summed E-state index contributed by atoms with van der Waals surface area (Å²) in [6, 6.07) is 7.82. The van der Waals surface area contributed by atoms with Gasteiger partial charge in [-0.25, -0.2) is 0 Å². The van der Waals surface area contributed by atoms with Gasteiger partial charge in [0.15, 0.2) is 0 Å². The first-order valence-corrected chi connectivity index (χ1v) is 3.25. The number of carboxylic acid groups (broad SMARTS) is 1. The van der Waals surface area contributed by atoms with E-state index in [2.05, 4.69) is 0 Å². The van der Waals surface area contributed by atoms with Crippen LogP contribution in [0.2, 0.25) is 0 Å². The van der Waals surface area contributed by atoms with Crippen LogP contribution in [0, 0.1) is 0 Å². The van der Waals surface area contributed by atoms with Gasteiger partial charge in [-0.05, 0) is 5.56 Å². The second-order valence-electron chi connectivity index (χ2n) is 2.23. The Hall–Kier alpha value is 0.286. The van der Waals surface area contributed by atoms with Gasteiger partial charge in [0.1, 0.15) is 6.04 Å². The normalized spacial score (nSPS) is 11.4. The molecule has 0 heterocycles. The van der Waals surface area contributed by atoms with Gasteiger partial charge in [-0.1, -0.05) is 30.3 Å². The molecule has 3 nitrogen and oxygen atoms in total. The molecule has 0 aliphatic carbocycles. The third kappa shape index (κ3) is 3.34. The molecule has 0 saturated carbocycles. The van der Waals surface area contributed by atoms with Crippen LogP contribution in [0.3, 0.4) is 0 Å². The molecule has 0 amide bonds. The third-order valence-corrected chi connectivity index (χ3v) is 1.42. The van der Waals surface area contributed by atoms with Crippen LogP contribution in [0.1, 0.15) is 11.6 Å². The molecule has 0 bridgehead atoms. The summed E-state index contributed by atoms with van der Waals surface area (Å²) in [5, 5.41) is 8.51. The number of carboxylic acids is 1. The SMILES string of the molecule is N[C@H](C(=O)O)c1ccccc1.[K]. The van der Waals surface area contributed by atoms with E-state index >= 15 is 0 Å². The fourth-order valence-electron chi connectivity index (χ4n) is 0.803. The Morgan fingerprint density at radius 2 is 1.83 bits per heavy atom. The van der Waals surface area contributed by atoms with E-state index in [9.17, 15) is 4.79 Å². The third-order valence-electron chi connectivity index (χ3n) is 1.42. The molecular formula is C8H9KNO2. The Morgan fingerprint density at radius 1 is 1.33 bits per heavy atom. The van der Waals surface area contributed by atoms with Crippen LogP contribution >= 0.6 is 0 Å². The first-order chi connectivity index (χ1) is 5.22. The van der Waals surface area contributed by atoms with Crippen LogP contribution in [0.4, 0.5) is 0 Å². The van der Waals surface area contributed by atoms with Crippen LogP contribution < -0.4 is 5.73 Å². The zero-order valence-electron chi connectivity index (χ0n) is 6.90. The van der Waals surface area contributed by atoms with Crippen molar-refractivity contribution in [3.63, 3.8) is 0 Å². The maximum Gasteiger partial charge on any atom is 0.325 e. The first kappa shape index (κ1) is 12.3. The summed E-state index contributed by atoms with van der Waals surface area (Å²) in [6.07, 6.45) is 0. The second kappa shape index (κ2) is 5.85. The van der Waals surface area contributed by atoms with E-state index in [-0.39, 0.29) is 51.4 Å². The predicted molar refractivity (Wildman–Crippen MR) is 46.8 cm³/mol. The summed E-state index contributed by atoms with van der Waals surface area (Å²) in [4.78, 5) is 10.4. The fourth-order valence-corrected chi connectivity index (χ4v) is 0.803. The van der Waals surface area contributed by atoms with Crippen molar-refractivity contribution in [3.05, 3.63) is 35.9 Å². The molecule has 1 aromatic carbocycles. The number of hydrogen-bond acceptors (Lipinski definition) is 2. The molecule has 59 valence electrons. The van der Waals surface area contributed by atoms with Gasteiger partial charge in [0, 0.05) is 51.4 Å². The quantitative estimate of drug-likeness (QED) is 0.663. The maximum absolute atomic E-state index is 10.4. The minimum atomic E-state index is -1.00. The summed E-state index contributed by atoms with van der Waals surface area (Å²) in [6.45, 7) is 0. The van der Waals surface area contributed by atoms with Crippen LogP contribution in [-0.2, 0) is 4.79 Å². The second-order valence-corrected chi connectivity index (χ2v) is 2.23. The van der Waals surface area contributed by atoms with Gasteiger partial charge in [-0.2, -0.15) is 0 Å². The van der Waals surface area contributed by atoms with Gasteiger partial charge in [0.2, 0.25) is 0 Å². The number of rotatable bonds is 2. The van der Waals surface area contributed by atoms with Gasteiger partial charge < -0.3 is 10.8 Å². The molecule has 0 unspecified atom stereocenters. The Bertz CT molecular complexity index is 250. The number of carbonyl (C=O) groups is 1. The van der Waals surface area contributed by atoms with Gasteiger partial charge in [-0.3, -0.25) is 4.79 Å². The Morgan fingerprint density at radius 3 is 2.25 bits per heavy atom. The van der Waals surface area contributed by atoms with Gasteiger partial charge >= 0.3 is 5.97 Å². The summed E-state index contributed by atoms with van der Waals surface area (Å²) < 4.78 is 0. The van der Waals surface area contributed by atoms with E-state index in [1.165, 1.54) is 0 Å². The molecule has 0 fully saturated rings. The molecule has 4 heteroatoms. The average Bonchev–Trinajstić information content (AvgIpc) is 2.05. The van der Waals surface area contributed by atoms with E-state index in [0.717, 1.165) is 0 Å². The summed E-state index contributed by atoms with van der Waals surface area (Å²) in [5.74, 6) is -1.00. The Labute approximate surface area is 113 Å². The molecule has 0 aromatic heterocycles. The van der Waals surface area contributed by atoms with E-state index in [1.807, 2.05) is 6.07 Å². The monoisotopic (exact) mass is 190 g/mol. The van der Waals surface area contributed by atoms with Crippen LogP contribution in [-0.4, -0.2) is 62.5 Å². The molecule has 0 aliphatic heterocycles. The van der Waals surface area contributed by atoms with E-state index in [4.69, 9.17) is 10.8 Å². The van der Waals surface area contributed by atoms with Crippen molar-refractivity contribution in [3.8, 4) is 0 Å². The molecule has 0 aliphatic rings. The van der Waals surface area contributed by atoms with Gasteiger partial charge in [0.25, 0.3) is 0 Å². The molecule has 1 atom stereocenters.